The smallest absolute Gasteiger partial charge is 0.0965 e. The number of hydrogen-bond donors (Lipinski definition) is 0. The molecule has 156 valence electrons. The lowest BCUT2D eigenvalue weighted by atomic mass is 9.95. The molecule has 0 bridgehead atoms. The molecule has 1 unspecified atom stereocenters. The Morgan fingerprint density at radius 2 is 1.39 bits per heavy atom. The molecule has 0 saturated carbocycles. The van der Waals surface area contributed by atoms with Gasteiger partial charge in [-0.3, -0.25) is 4.98 Å². The number of aromatic nitrogens is 1. The van der Waals surface area contributed by atoms with Gasteiger partial charge in [0.2, 0.25) is 0 Å². The predicted octanol–water partition coefficient (Wildman–Crippen LogP) is 7.41. The van der Waals surface area contributed by atoms with Crippen molar-refractivity contribution in [2.24, 2.45) is 0 Å². The second kappa shape index (κ2) is 9.18. The lowest BCUT2D eigenvalue weighted by Gasteiger charge is -2.31. The Morgan fingerprint density at radius 3 is 2.06 bits per heavy atom. The quantitative estimate of drug-likeness (QED) is 0.331. The molecule has 2 nitrogen and oxygen atoms in total. The van der Waals surface area contributed by atoms with Crippen LogP contribution in [0.3, 0.4) is 0 Å². The van der Waals surface area contributed by atoms with Crippen LogP contribution in [0.15, 0.2) is 97.1 Å². The predicted molar refractivity (Wildman–Crippen MR) is 132 cm³/mol. The van der Waals surface area contributed by atoms with Crippen LogP contribution in [0.2, 0.25) is 0 Å². The summed E-state index contributed by atoms with van der Waals surface area (Å²) in [6, 6.07) is 34.3. The van der Waals surface area contributed by atoms with Crippen molar-refractivity contribution in [3.63, 3.8) is 0 Å². The molecule has 4 rings (SSSR count). The minimum atomic E-state index is 0.0229. The van der Waals surface area contributed by atoms with Crippen molar-refractivity contribution in [1.82, 2.24) is 4.98 Å². The summed E-state index contributed by atoms with van der Waals surface area (Å²) >= 11 is 0. The molecule has 0 aliphatic rings. The minimum absolute atomic E-state index is 0.0229. The van der Waals surface area contributed by atoms with Gasteiger partial charge in [0.25, 0.3) is 0 Å². The summed E-state index contributed by atoms with van der Waals surface area (Å²) in [7, 11) is 2.17. The van der Waals surface area contributed by atoms with Crippen LogP contribution >= 0.6 is 0 Å². The van der Waals surface area contributed by atoms with Crippen LogP contribution in [0.1, 0.15) is 48.2 Å². The molecule has 0 aliphatic heterocycles. The van der Waals surface area contributed by atoms with Gasteiger partial charge in [-0.2, -0.15) is 0 Å². The largest absolute Gasteiger partial charge is 0.362 e. The zero-order chi connectivity index (χ0) is 21.8. The summed E-state index contributed by atoms with van der Waals surface area (Å²) in [6.07, 6.45) is 0. The van der Waals surface area contributed by atoms with E-state index in [0.717, 1.165) is 17.0 Å². The number of benzene rings is 3. The normalized spacial score (nSPS) is 12.0. The first-order valence-corrected chi connectivity index (χ1v) is 11.0. The van der Waals surface area contributed by atoms with Crippen molar-refractivity contribution >= 4 is 5.69 Å². The fourth-order valence-corrected chi connectivity index (χ4v) is 4.08. The topological polar surface area (TPSA) is 16.1 Å². The van der Waals surface area contributed by atoms with E-state index in [1.165, 1.54) is 22.4 Å². The third kappa shape index (κ3) is 4.54. The van der Waals surface area contributed by atoms with Crippen molar-refractivity contribution in [3.8, 4) is 11.3 Å². The fraction of sp³-hybridized carbons (Fsp3) is 0.207. The van der Waals surface area contributed by atoms with E-state index < -0.39 is 0 Å². The second-order valence-electron chi connectivity index (χ2n) is 8.43. The first kappa shape index (κ1) is 20.9. The molecule has 1 aromatic heterocycles. The van der Waals surface area contributed by atoms with E-state index in [0.29, 0.717) is 5.92 Å². The Morgan fingerprint density at radius 1 is 0.710 bits per heavy atom. The van der Waals surface area contributed by atoms with Crippen molar-refractivity contribution < 1.29 is 0 Å². The van der Waals surface area contributed by atoms with Crippen molar-refractivity contribution in [1.29, 1.82) is 0 Å². The zero-order valence-corrected chi connectivity index (χ0v) is 18.8. The van der Waals surface area contributed by atoms with E-state index in [4.69, 9.17) is 4.98 Å². The molecule has 0 aliphatic carbocycles. The molecule has 0 spiro atoms. The van der Waals surface area contributed by atoms with Crippen LogP contribution in [0, 0.1) is 6.92 Å². The van der Waals surface area contributed by atoms with Crippen LogP contribution in [0.25, 0.3) is 11.3 Å². The van der Waals surface area contributed by atoms with Gasteiger partial charge in [0, 0.05) is 18.3 Å². The highest BCUT2D eigenvalue weighted by molar-refractivity contribution is 5.60. The Hall–Kier alpha value is -3.39. The first-order chi connectivity index (χ1) is 15.0. The van der Waals surface area contributed by atoms with Gasteiger partial charge in [-0.15, -0.1) is 0 Å². The number of hydrogen-bond acceptors (Lipinski definition) is 2. The van der Waals surface area contributed by atoms with Gasteiger partial charge in [0.15, 0.2) is 0 Å². The highest BCUT2D eigenvalue weighted by Crippen LogP contribution is 2.34. The summed E-state index contributed by atoms with van der Waals surface area (Å²) in [5.74, 6) is 0.524. The number of nitrogens with zero attached hydrogens (tertiary/aromatic N) is 2. The van der Waals surface area contributed by atoms with Crippen LogP contribution in [0.5, 0.6) is 0 Å². The van der Waals surface area contributed by atoms with Crippen LogP contribution in [-0.4, -0.2) is 12.0 Å². The van der Waals surface area contributed by atoms with Gasteiger partial charge in [0.05, 0.1) is 17.4 Å². The standard InChI is InChI=1S/C29H30N2/c1-21(2)23-17-19-25(20-18-23)31(4)29(26-14-9-8-11-22(26)3)28-16-10-15-27(30-28)24-12-6-5-7-13-24/h5-21,29H,1-4H3. The highest BCUT2D eigenvalue weighted by Gasteiger charge is 2.23. The number of aryl methyl sites for hydroxylation is 1. The van der Waals surface area contributed by atoms with Crippen molar-refractivity contribution in [2.45, 2.75) is 32.7 Å². The molecule has 31 heavy (non-hydrogen) atoms. The number of pyridine rings is 1. The van der Waals surface area contributed by atoms with Gasteiger partial charge in [0.1, 0.15) is 0 Å². The van der Waals surface area contributed by atoms with Gasteiger partial charge in [-0.05, 0) is 53.8 Å². The number of rotatable bonds is 6. The third-order valence-electron chi connectivity index (χ3n) is 5.96. The molecule has 1 heterocycles. The Bertz CT molecular complexity index is 1130. The first-order valence-electron chi connectivity index (χ1n) is 11.0. The molecule has 0 amide bonds. The molecule has 0 radical (unpaired) electrons. The molecule has 1 atom stereocenters. The molecule has 4 aromatic rings. The summed E-state index contributed by atoms with van der Waals surface area (Å²) < 4.78 is 0. The van der Waals surface area contributed by atoms with E-state index in [1.807, 2.05) is 6.07 Å². The summed E-state index contributed by atoms with van der Waals surface area (Å²) in [4.78, 5) is 7.45. The summed E-state index contributed by atoms with van der Waals surface area (Å²) in [5, 5.41) is 0. The molecule has 0 saturated heterocycles. The molecule has 2 heteroatoms. The van der Waals surface area contributed by atoms with Crippen molar-refractivity contribution in [2.75, 3.05) is 11.9 Å². The summed E-state index contributed by atoms with van der Waals surface area (Å²) in [5.41, 5.74) is 8.27. The molecular formula is C29H30N2. The SMILES string of the molecule is Cc1ccccc1C(c1cccc(-c2ccccc2)n1)N(C)c1ccc(C(C)C)cc1. The van der Waals surface area contributed by atoms with Gasteiger partial charge in [-0.1, -0.05) is 86.6 Å². The second-order valence-corrected chi connectivity index (χ2v) is 8.43. The van der Waals surface area contributed by atoms with Crippen molar-refractivity contribution in [3.05, 3.63) is 119 Å². The molecular weight excluding hydrogens is 376 g/mol. The van der Waals surface area contributed by atoms with E-state index in [9.17, 15) is 0 Å². The molecule has 3 aromatic carbocycles. The maximum absolute atomic E-state index is 5.11. The van der Waals surface area contributed by atoms with Crippen LogP contribution in [-0.2, 0) is 0 Å². The number of anilines is 1. The average molecular weight is 407 g/mol. The monoisotopic (exact) mass is 406 g/mol. The summed E-state index contributed by atoms with van der Waals surface area (Å²) in [6.45, 7) is 6.64. The maximum Gasteiger partial charge on any atom is 0.0965 e. The van der Waals surface area contributed by atoms with E-state index in [2.05, 4.69) is 124 Å². The molecule has 0 N–H and O–H groups in total. The third-order valence-corrected chi connectivity index (χ3v) is 5.96. The van der Waals surface area contributed by atoms with Gasteiger partial charge >= 0.3 is 0 Å². The Labute approximate surface area is 186 Å². The molecule has 0 fully saturated rings. The lowest BCUT2D eigenvalue weighted by molar-refractivity contribution is 0.750. The fourth-order valence-electron chi connectivity index (χ4n) is 4.08. The minimum Gasteiger partial charge on any atom is -0.362 e. The van der Waals surface area contributed by atoms with E-state index in [1.54, 1.807) is 0 Å². The Kier molecular flexibility index (Phi) is 6.18. The average Bonchev–Trinajstić information content (AvgIpc) is 2.81. The van der Waals surface area contributed by atoms with Crippen LogP contribution < -0.4 is 4.90 Å². The maximum atomic E-state index is 5.11. The van der Waals surface area contributed by atoms with Gasteiger partial charge in [-0.25, -0.2) is 0 Å². The van der Waals surface area contributed by atoms with Gasteiger partial charge < -0.3 is 4.90 Å². The Balaban J connectivity index is 1.80. The van der Waals surface area contributed by atoms with Crippen LogP contribution in [0.4, 0.5) is 5.69 Å². The lowest BCUT2D eigenvalue weighted by Crippen LogP contribution is -2.26. The van der Waals surface area contributed by atoms with E-state index >= 15 is 0 Å². The highest BCUT2D eigenvalue weighted by atomic mass is 15.1. The van der Waals surface area contributed by atoms with E-state index in [-0.39, 0.29) is 6.04 Å². The zero-order valence-electron chi connectivity index (χ0n) is 18.8.